The lowest BCUT2D eigenvalue weighted by Crippen LogP contribution is -2.47. The maximum absolute atomic E-state index is 12.2. The predicted molar refractivity (Wildman–Crippen MR) is 65.2 cm³/mol. The zero-order valence-electron chi connectivity index (χ0n) is 10.6. The summed E-state index contributed by atoms with van der Waals surface area (Å²) in [5, 5.41) is 6.49. The van der Waals surface area contributed by atoms with E-state index in [-0.39, 0.29) is 11.3 Å². The molecule has 1 amide bonds. The lowest BCUT2D eigenvalue weighted by molar-refractivity contribution is -0.131. The minimum absolute atomic E-state index is 0.125. The molecule has 92 valence electrons. The second-order valence-corrected chi connectivity index (χ2v) is 5.91. The van der Waals surface area contributed by atoms with Crippen molar-refractivity contribution in [3.8, 4) is 0 Å². The standard InChI is InChI=1S/C13H24N2O/c1-3-13(7-8-14-10-13)11(16)15-9-12(2)5-4-6-12/h14H,3-10H2,1-2H3,(H,15,16). The molecule has 1 aliphatic carbocycles. The smallest absolute Gasteiger partial charge is 0.227 e. The molecule has 1 saturated heterocycles. The van der Waals surface area contributed by atoms with E-state index in [9.17, 15) is 4.79 Å². The Morgan fingerprint density at radius 2 is 2.12 bits per heavy atom. The normalized spacial score (nSPS) is 32.1. The molecule has 2 rings (SSSR count). The van der Waals surface area contributed by atoms with E-state index in [0.29, 0.717) is 5.41 Å². The van der Waals surface area contributed by atoms with Crippen LogP contribution in [0.1, 0.15) is 46.0 Å². The molecule has 3 heteroatoms. The second-order valence-electron chi connectivity index (χ2n) is 5.91. The number of amides is 1. The van der Waals surface area contributed by atoms with Gasteiger partial charge in [0.2, 0.25) is 5.91 Å². The Morgan fingerprint density at radius 3 is 2.56 bits per heavy atom. The first-order valence-corrected chi connectivity index (χ1v) is 6.59. The van der Waals surface area contributed by atoms with Crippen LogP contribution in [0.5, 0.6) is 0 Å². The highest BCUT2D eigenvalue weighted by Crippen LogP contribution is 2.40. The number of carbonyl (C=O) groups is 1. The third-order valence-corrected chi connectivity index (χ3v) is 4.64. The molecule has 1 atom stereocenters. The van der Waals surface area contributed by atoms with Crippen LogP contribution in [0.3, 0.4) is 0 Å². The van der Waals surface area contributed by atoms with Crippen LogP contribution in [0.25, 0.3) is 0 Å². The lowest BCUT2D eigenvalue weighted by atomic mass is 9.70. The van der Waals surface area contributed by atoms with Gasteiger partial charge in [0.1, 0.15) is 0 Å². The number of hydrogen-bond acceptors (Lipinski definition) is 2. The van der Waals surface area contributed by atoms with Gasteiger partial charge in [-0.15, -0.1) is 0 Å². The third-order valence-electron chi connectivity index (χ3n) is 4.64. The van der Waals surface area contributed by atoms with Crippen molar-refractivity contribution in [3.05, 3.63) is 0 Å². The van der Waals surface area contributed by atoms with E-state index < -0.39 is 0 Å². The molecule has 2 fully saturated rings. The Bertz CT molecular complexity index is 265. The summed E-state index contributed by atoms with van der Waals surface area (Å²) in [5.41, 5.74) is 0.261. The summed E-state index contributed by atoms with van der Waals surface area (Å²) in [6.45, 7) is 7.11. The summed E-state index contributed by atoms with van der Waals surface area (Å²) in [5.74, 6) is 0.271. The molecule has 2 aliphatic rings. The van der Waals surface area contributed by atoms with Gasteiger partial charge in [-0.05, 0) is 37.6 Å². The van der Waals surface area contributed by atoms with E-state index in [1.165, 1.54) is 19.3 Å². The minimum atomic E-state index is -0.125. The highest BCUT2D eigenvalue weighted by molar-refractivity contribution is 5.83. The quantitative estimate of drug-likeness (QED) is 0.763. The molecule has 0 aromatic rings. The van der Waals surface area contributed by atoms with E-state index in [1.54, 1.807) is 0 Å². The molecule has 1 heterocycles. The van der Waals surface area contributed by atoms with Crippen molar-refractivity contribution >= 4 is 5.91 Å². The van der Waals surface area contributed by atoms with Crippen molar-refractivity contribution in [1.82, 2.24) is 10.6 Å². The average molecular weight is 224 g/mol. The predicted octanol–water partition coefficient (Wildman–Crippen LogP) is 1.68. The molecule has 0 radical (unpaired) electrons. The average Bonchev–Trinajstić information content (AvgIpc) is 2.73. The Hall–Kier alpha value is -0.570. The van der Waals surface area contributed by atoms with Gasteiger partial charge in [-0.3, -0.25) is 4.79 Å². The van der Waals surface area contributed by atoms with E-state index in [0.717, 1.165) is 32.5 Å². The Labute approximate surface area is 98.4 Å². The highest BCUT2D eigenvalue weighted by Gasteiger charge is 2.40. The second kappa shape index (κ2) is 4.36. The van der Waals surface area contributed by atoms with Gasteiger partial charge >= 0.3 is 0 Å². The molecule has 3 nitrogen and oxygen atoms in total. The van der Waals surface area contributed by atoms with E-state index in [4.69, 9.17) is 0 Å². The third kappa shape index (κ3) is 2.10. The first-order valence-electron chi connectivity index (χ1n) is 6.59. The van der Waals surface area contributed by atoms with Gasteiger partial charge in [-0.2, -0.15) is 0 Å². The number of rotatable bonds is 4. The fourth-order valence-corrected chi connectivity index (χ4v) is 2.84. The Kier molecular flexibility index (Phi) is 3.24. The number of carbonyl (C=O) groups excluding carboxylic acids is 1. The molecule has 1 unspecified atom stereocenters. The van der Waals surface area contributed by atoms with Crippen LogP contribution in [-0.4, -0.2) is 25.5 Å². The van der Waals surface area contributed by atoms with Gasteiger partial charge < -0.3 is 10.6 Å². The van der Waals surface area contributed by atoms with E-state index >= 15 is 0 Å². The van der Waals surface area contributed by atoms with Gasteiger partial charge in [0, 0.05) is 13.1 Å². The van der Waals surface area contributed by atoms with Gasteiger partial charge in [0.05, 0.1) is 5.41 Å². The van der Waals surface area contributed by atoms with Crippen molar-refractivity contribution in [3.63, 3.8) is 0 Å². The molecular weight excluding hydrogens is 200 g/mol. The number of hydrogen-bond donors (Lipinski definition) is 2. The maximum atomic E-state index is 12.2. The Morgan fingerprint density at radius 1 is 1.38 bits per heavy atom. The molecule has 1 saturated carbocycles. The molecule has 0 bridgehead atoms. The topological polar surface area (TPSA) is 41.1 Å². The largest absolute Gasteiger partial charge is 0.355 e. The summed E-state index contributed by atoms with van der Waals surface area (Å²) in [7, 11) is 0. The minimum Gasteiger partial charge on any atom is -0.355 e. The first-order chi connectivity index (χ1) is 7.60. The SMILES string of the molecule is CCC1(C(=O)NCC2(C)CCC2)CCNC1. The maximum Gasteiger partial charge on any atom is 0.227 e. The van der Waals surface area contributed by atoms with Crippen LogP contribution in [0.15, 0.2) is 0 Å². The summed E-state index contributed by atoms with van der Waals surface area (Å²) < 4.78 is 0. The van der Waals surface area contributed by atoms with Crippen LogP contribution in [-0.2, 0) is 4.79 Å². The monoisotopic (exact) mass is 224 g/mol. The van der Waals surface area contributed by atoms with Crippen LogP contribution < -0.4 is 10.6 Å². The van der Waals surface area contributed by atoms with Gasteiger partial charge in [-0.25, -0.2) is 0 Å². The molecule has 1 aliphatic heterocycles. The number of nitrogens with one attached hydrogen (secondary N) is 2. The molecule has 16 heavy (non-hydrogen) atoms. The van der Waals surface area contributed by atoms with Crippen molar-refractivity contribution in [2.75, 3.05) is 19.6 Å². The molecule has 0 spiro atoms. The summed E-state index contributed by atoms with van der Waals surface area (Å²) >= 11 is 0. The van der Waals surface area contributed by atoms with Crippen molar-refractivity contribution in [2.24, 2.45) is 10.8 Å². The molecule has 0 aromatic carbocycles. The van der Waals surface area contributed by atoms with E-state index in [1.807, 2.05) is 0 Å². The van der Waals surface area contributed by atoms with Crippen molar-refractivity contribution < 1.29 is 4.79 Å². The summed E-state index contributed by atoms with van der Waals surface area (Å²) in [6, 6.07) is 0. The summed E-state index contributed by atoms with van der Waals surface area (Å²) in [4.78, 5) is 12.2. The van der Waals surface area contributed by atoms with Crippen LogP contribution in [0.4, 0.5) is 0 Å². The fraction of sp³-hybridized carbons (Fsp3) is 0.923. The fourth-order valence-electron chi connectivity index (χ4n) is 2.84. The molecule has 0 aromatic heterocycles. The van der Waals surface area contributed by atoms with Crippen LogP contribution >= 0.6 is 0 Å². The highest BCUT2D eigenvalue weighted by atomic mass is 16.2. The van der Waals surface area contributed by atoms with Crippen molar-refractivity contribution in [1.29, 1.82) is 0 Å². The van der Waals surface area contributed by atoms with Gasteiger partial charge in [0.15, 0.2) is 0 Å². The lowest BCUT2D eigenvalue weighted by Gasteiger charge is -2.39. The molecular formula is C13H24N2O. The van der Waals surface area contributed by atoms with Crippen molar-refractivity contribution in [2.45, 2.75) is 46.0 Å². The zero-order valence-corrected chi connectivity index (χ0v) is 10.6. The summed E-state index contributed by atoms with van der Waals surface area (Å²) in [6.07, 6.45) is 5.80. The van der Waals surface area contributed by atoms with Crippen LogP contribution in [0.2, 0.25) is 0 Å². The van der Waals surface area contributed by atoms with Gasteiger partial charge in [-0.1, -0.05) is 20.3 Å². The molecule has 2 N–H and O–H groups in total. The zero-order chi connectivity index (χ0) is 11.6. The first kappa shape index (κ1) is 11.9. The van der Waals surface area contributed by atoms with E-state index in [2.05, 4.69) is 24.5 Å². The van der Waals surface area contributed by atoms with Gasteiger partial charge in [0.25, 0.3) is 0 Å². The Balaban J connectivity index is 1.86. The van der Waals surface area contributed by atoms with Crippen LogP contribution in [0, 0.1) is 10.8 Å².